The molecule has 0 saturated carbocycles. The summed E-state index contributed by atoms with van der Waals surface area (Å²) in [4.78, 5) is 0. The Kier molecular flexibility index (Phi) is 5.24. The van der Waals surface area contributed by atoms with Crippen LogP contribution in [-0.2, 0) is 0 Å². The van der Waals surface area contributed by atoms with Gasteiger partial charge in [0.25, 0.3) is 0 Å². The summed E-state index contributed by atoms with van der Waals surface area (Å²) in [7, 11) is 0. The molecule has 1 aliphatic carbocycles. The normalized spacial score (nSPS) is 25.4. The first-order chi connectivity index (χ1) is 6.72. The first-order valence-electron chi connectivity index (χ1n) is 6.10. The predicted octanol–water partition coefficient (Wildman–Crippen LogP) is 3.67. The smallest absolute Gasteiger partial charge is 0.0723 e. The third-order valence-electron chi connectivity index (χ3n) is 3.07. The van der Waals surface area contributed by atoms with Crippen LogP contribution < -0.4 is 0 Å². The molecular formula is C13H24O. The van der Waals surface area contributed by atoms with E-state index in [1.165, 1.54) is 44.1 Å². The Morgan fingerprint density at radius 3 is 3.00 bits per heavy atom. The highest BCUT2D eigenvalue weighted by atomic mass is 16.3. The van der Waals surface area contributed by atoms with Gasteiger partial charge in [0.2, 0.25) is 0 Å². The molecule has 0 saturated heterocycles. The molecule has 0 bridgehead atoms. The Hall–Kier alpha value is -0.300. The van der Waals surface area contributed by atoms with Gasteiger partial charge in [0, 0.05) is 0 Å². The van der Waals surface area contributed by atoms with E-state index >= 15 is 0 Å². The maximum absolute atomic E-state index is 9.63. The number of rotatable bonds is 4. The van der Waals surface area contributed by atoms with Gasteiger partial charge in [-0.3, -0.25) is 0 Å². The largest absolute Gasteiger partial charge is 0.389 e. The lowest BCUT2D eigenvalue weighted by Gasteiger charge is -2.12. The number of allylic oxidation sites excluding steroid dienone is 1. The van der Waals surface area contributed by atoms with Crippen molar-refractivity contribution in [2.24, 2.45) is 5.92 Å². The third-order valence-corrected chi connectivity index (χ3v) is 3.07. The molecule has 1 rings (SSSR count). The Labute approximate surface area is 88.2 Å². The number of aliphatic hydroxyl groups is 1. The fourth-order valence-electron chi connectivity index (χ4n) is 2.36. The summed E-state index contributed by atoms with van der Waals surface area (Å²) in [6.07, 6.45) is 10.4. The van der Waals surface area contributed by atoms with Gasteiger partial charge in [-0.2, -0.15) is 0 Å². The zero-order chi connectivity index (χ0) is 10.4. The van der Waals surface area contributed by atoms with E-state index in [4.69, 9.17) is 0 Å². The van der Waals surface area contributed by atoms with Gasteiger partial charge < -0.3 is 5.11 Å². The SMILES string of the molecule is CCCC(C)CC1=CC(O)CCCC1. The minimum Gasteiger partial charge on any atom is -0.389 e. The molecule has 2 atom stereocenters. The first-order valence-corrected chi connectivity index (χ1v) is 6.10. The Bertz CT molecular complexity index is 184. The standard InChI is InChI=1S/C13H24O/c1-3-6-11(2)9-12-7-4-5-8-13(14)10-12/h10-11,13-14H,3-9H2,1-2H3. The van der Waals surface area contributed by atoms with Crippen LogP contribution in [0.3, 0.4) is 0 Å². The summed E-state index contributed by atoms with van der Waals surface area (Å²) < 4.78 is 0. The molecule has 1 nitrogen and oxygen atoms in total. The van der Waals surface area contributed by atoms with Gasteiger partial charge >= 0.3 is 0 Å². The highest BCUT2D eigenvalue weighted by Gasteiger charge is 2.11. The van der Waals surface area contributed by atoms with E-state index in [2.05, 4.69) is 19.9 Å². The van der Waals surface area contributed by atoms with Crippen LogP contribution in [0.2, 0.25) is 0 Å². The van der Waals surface area contributed by atoms with Gasteiger partial charge in [-0.15, -0.1) is 0 Å². The Morgan fingerprint density at radius 2 is 2.29 bits per heavy atom. The van der Waals surface area contributed by atoms with Crippen LogP contribution in [0, 0.1) is 5.92 Å². The van der Waals surface area contributed by atoms with Crippen molar-refractivity contribution < 1.29 is 5.11 Å². The van der Waals surface area contributed by atoms with E-state index in [9.17, 15) is 5.11 Å². The number of aliphatic hydroxyl groups excluding tert-OH is 1. The molecule has 0 aliphatic heterocycles. The minimum atomic E-state index is -0.165. The van der Waals surface area contributed by atoms with Gasteiger partial charge in [0.05, 0.1) is 6.10 Å². The topological polar surface area (TPSA) is 20.2 Å². The van der Waals surface area contributed by atoms with Crippen molar-refractivity contribution in [3.63, 3.8) is 0 Å². The second-order valence-corrected chi connectivity index (χ2v) is 4.74. The van der Waals surface area contributed by atoms with Gasteiger partial charge in [-0.25, -0.2) is 0 Å². The molecular weight excluding hydrogens is 172 g/mol. The molecule has 82 valence electrons. The summed E-state index contributed by atoms with van der Waals surface area (Å²) in [5.41, 5.74) is 1.50. The molecule has 0 heterocycles. The Balaban J connectivity index is 2.40. The van der Waals surface area contributed by atoms with Crippen molar-refractivity contribution in [1.82, 2.24) is 0 Å². The maximum atomic E-state index is 9.63. The summed E-state index contributed by atoms with van der Waals surface area (Å²) >= 11 is 0. The molecule has 1 aliphatic rings. The molecule has 0 aromatic carbocycles. The molecule has 1 heteroatoms. The van der Waals surface area contributed by atoms with Crippen molar-refractivity contribution in [1.29, 1.82) is 0 Å². The molecule has 0 spiro atoms. The lowest BCUT2D eigenvalue weighted by atomic mass is 9.94. The number of hydrogen-bond acceptors (Lipinski definition) is 1. The van der Waals surface area contributed by atoms with E-state index in [0.29, 0.717) is 0 Å². The summed E-state index contributed by atoms with van der Waals surface area (Å²) in [6, 6.07) is 0. The van der Waals surface area contributed by atoms with Gasteiger partial charge in [0.15, 0.2) is 0 Å². The quantitative estimate of drug-likeness (QED) is 0.680. The van der Waals surface area contributed by atoms with E-state index in [1.807, 2.05) is 0 Å². The van der Waals surface area contributed by atoms with Gasteiger partial charge in [0.1, 0.15) is 0 Å². The summed E-state index contributed by atoms with van der Waals surface area (Å²) in [5.74, 6) is 0.788. The van der Waals surface area contributed by atoms with Crippen LogP contribution >= 0.6 is 0 Å². The fraction of sp³-hybridized carbons (Fsp3) is 0.846. The monoisotopic (exact) mass is 196 g/mol. The predicted molar refractivity (Wildman–Crippen MR) is 61.2 cm³/mol. The average Bonchev–Trinajstić information content (AvgIpc) is 2.30. The van der Waals surface area contributed by atoms with Crippen LogP contribution in [0.4, 0.5) is 0 Å². The van der Waals surface area contributed by atoms with E-state index in [-0.39, 0.29) is 6.10 Å². The lowest BCUT2D eigenvalue weighted by Crippen LogP contribution is -2.02. The van der Waals surface area contributed by atoms with Gasteiger partial charge in [-0.05, 0) is 31.6 Å². The summed E-state index contributed by atoms with van der Waals surface area (Å²) in [5, 5.41) is 9.63. The number of hydrogen-bond donors (Lipinski definition) is 1. The molecule has 1 N–H and O–H groups in total. The van der Waals surface area contributed by atoms with Gasteiger partial charge in [-0.1, -0.05) is 44.8 Å². The minimum absolute atomic E-state index is 0.165. The van der Waals surface area contributed by atoms with Crippen molar-refractivity contribution >= 4 is 0 Å². The molecule has 0 aromatic rings. The third kappa shape index (κ3) is 4.28. The molecule has 14 heavy (non-hydrogen) atoms. The van der Waals surface area contributed by atoms with Crippen LogP contribution in [0.25, 0.3) is 0 Å². The van der Waals surface area contributed by atoms with E-state index < -0.39 is 0 Å². The zero-order valence-corrected chi connectivity index (χ0v) is 9.63. The van der Waals surface area contributed by atoms with Crippen molar-refractivity contribution in [2.75, 3.05) is 0 Å². The maximum Gasteiger partial charge on any atom is 0.0723 e. The van der Waals surface area contributed by atoms with Crippen molar-refractivity contribution in [3.05, 3.63) is 11.6 Å². The van der Waals surface area contributed by atoms with Crippen LogP contribution in [0.15, 0.2) is 11.6 Å². The highest BCUT2D eigenvalue weighted by Crippen LogP contribution is 2.24. The van der Waals surface area contributed by atoms with Crippen LogP contribution in [0.1, 0.15) is 58.8 Å². The van der Waals surface area contributed by atoms with E-state index in [0.717, 1.165) is 12.3 Å². The van der Waals surface area contributed by atoms with Crippen molar-refractivity contribution in [2.45, 2.75) is 64.9 Å². The summed E-state index contributed by atoms with van der Waals surface area (Å²) in [6.45, 7) is 4.56. The molecule has 2 unspecified atom stereocenters. The lowest BCUT2D eigenvalue weighted by molar-refractivity contribution is 0.210. The molecule has 0 amide bonds. The first kappa shape index (κ1) is 11.8. The molecule has 0 aromatic heterocycles. The average molecular weight is 196 g/mol. The fourth-order valence-corrected chi connectivity index (χ4v) is 2.36. The Morgan fingerprint density at radius 1 is 1.50 bits per heavy atom. The van der Waals surface area contributed by atoms with Crippen LogP contribution in [0.5, 0.6) is 0 Å². The zero-order valence-electron chi connectivity index (χ0n) is 9.63. The molecule has 0 fully saturated rings. The molecule has 0 radical (unpaired) electrons. The highest BCUT2D eigenvalue weighted by molar-refractivity contribution is 5.07. The van der Waals surface area contributed by atoms with Crippen molar-refractivity contribution in [3.8, 4) is 0 Å². The second kappa shape index (κ2) is 6.23. The second-order valence-electron chi connectivity index (χ2n) is 4.74. The van der Waals surface area contributed by atoms with Crippen LogP contribution in [-0.4, -0.2) is 11.2 Å². The van der Waals surface area contributed by atoms with E-state index in [1.54, 1.807) is 0 Å².